The molecule has 26 heavy (non-hydrogen) atoms. The van der Waals surface area contributed by atoms with Crippen molar-refractivity contribution in [2.24, 2.45) is 5.73 Å². The molecule has 0 bridgehead atoms. The lowest BCUT2D eigenvalue weighted by molar-refractivity contribution is 0.259. The van der Waals surface area contributed by atoms with E-state index in [1.807, 2.05) is 6.07 Å². The molecule has 0 saturated carbocycles. The molecule has 0 fully saturated rings. The number of hydrogen-bond acceptors (Lipinski definition) is 5. The van der Waals surface area contributed by atoms with Crippen molar-refractivity contribution in [3.8, 4) is 11.6 Å². The zero-order valence-corrected chi connectivity index (χ0v) is 13.6. The highest BCUT2D eigenvalue weighted by Gasteiger charge is 2.04. The minimum atomic E-state index is -0.621. The second-order valence-electron chi connectivity index (χ2n) is 5.32. The monoisotopic (exact) mass is 353 g/mol. The topological polar surface area (TPSA) is 102 Å². The maximum atomic E-state index is 12.9. The summed E-state index contributed by atoms with van der Waals surface area (Å²) in [4.78, 5) is 19.3. The van der Waals surface area contributed by atoms with Crippen LogP contribution < -0.4 is 21.1 Å². The van der Waals surface area contributed by atoms with Gasteiger partial charge in [-0.1, -0.05) is 12.1 Å². The lowest BCUT2D eigenvalue weighted by atomic mass is 10.2. The Morgan fingerprint density at radius 2 is 1.96 bits per heavy atom. The van der Waals surface area contributed by atoms with Gasteiger partial charge >= 0.3 is 6.03 Å². The number of aromatic nitrogens is 2. The third-order valence-corrected chi connectivity index (χ3v) is 3.31. The maximum Gasteiger partial charge on any atom is 0.316 e. The molecule has 7 nitrogen and oxygen atoms in total. The number of carbonyl (C=O) groups is 1. The van der Waals surface area contributed by atoms with Crippen LogP contribution in [0.1, 0.15) is 5.56 Å². The minimum absolute atomic E-state index is 0.332. The van der Waals surface area contributed by atoms with Crippen LogP contribution in [-0.2, 0) is 6.54 Å². The first-order valence-electron chi connectivity index (χ1n) is 7.74. The highest BCUT2D eigenvalue weighted by Crippen LogP contribution is 2.20. The normalized spacial score (nSPS) is 10.2. The molecule has 3 rings (SSSR count). The van der Waals surface area contributed by atoms with E-state index in [2.05, 4.69) is 20.6 Å². The summed E-state index contributed by atoms with van der Waals surface area (Å²) in [7, 11) is 0. The number of nitrogens with zero attached hydrogens (tertiary/aromatic N) is 2. The quantitative estimate of drug-likeness (QED) is 0.629. The largest absolute Gasteiger partial charge is 0.439 e. The Bertz CT molecular complexity index is 902. The van der Waals surface area contributed by atoms with Crippen molar-refractivity contribution < 1.29 is 13.9 Å². The van der Waals surface area contributed by atoms with Crippen molar-refractivity contribution >= 4 is 17.7 Å². The molecular weight excluding hydrogens is 337 g/mol. The Balaban J connectivity index is 1.63. The SMILES string of the molecule is NC(=O)Nc1cccc(CNc2nccc(Oc3ccc(F)cc3)n2)c1. The minimum Gasteiger partial charge on any atom is -0.439 e. The maximum absolute atomic E-state index is 12.9. The number of carbonyl (C=O) groups excluding carboxylic acids is 1. The summed E-state index contributed by atoms with van der Waals surface area (Å²) < 4.78 is 18.5. The van der Waals surface area contributed by atoms with Gasteiger partial charge in [-0.2, -0.15) is 4.98 Å². The molecule has 4 N–H and O–H groups in total. The Morgan fingerprint density at radius 3 is 2.73 bits per heavy atom. The second-order valence-corrected chi connectivity index (χ2v) is 5.32. The molecule has 0 radical (unpaired) electrons. The summed E-state index contributed by atoms with van der Waals surface area (Å²) in [5, 5.41) is 5.59. The lowest BCUT2D eigenvalue weighted by Gasteiger charge is -2.09. The number of anilines is 2. The Hall–Kier alpha value is -3.68. The van der Waals surface area contributed by atoms with Crippen molar-refractivity contribution in [1.82, 2.24) is 9.97 Å². The van der Waals surface area contributed by atoms with Gasteiger partial charge < -0.3 is 21.1 Å². The van der Waals surface area contributed by atoms with E-state index in [0.29, 0.717) is 29.8 Å². The summed E-state index contributed by atoms with van der Waals surface area (Å²) in [5.41, 5.74) is 6.62. The molecule has 8 heteroatoms. The van der Waals surface area contributed by atoms with E-state index in [4.69, 9.17) is 10.5 Å². The third kappa shape index (κ3) is 4.91. The van der Waals surface area contributed by atoms with E-state index in [-0.39, 0.29) is 5.82 Å². The van der Waals surface area contributed by atoms with Crippen LogP contribution in [0.2, 0.25) is 0 Å². The van der Waals surface area contributed by atoms with Gasteiger partial charge in [0.25, 0.3) is 0 Å². The standard InChI is InChI=1S/C18H16FN5O2/c19-13-4-6-15(7-5-13)26-16-8-9-21-18(24-16)22-11-12-2-1-3-14(10-12)23-17(20)25/h1-10H,11H2,(H3,20,23,25)(H,21,22,24). The van der Waals surface area contributed by atoms with Gasteiger partial charge in [-0.15, -0.1) is 0 Å². The van der Waals surface area contributed by atoms with Crippen LogP contribution in [0.4, 0.5) is 20.8 Å². The van der Waals surface area contributed by atoms with Crippen molar-refractivity contribution in [2.75, 3.05) is 10.6 Å². The van der Waals surface area contributed by atoms with Crippen LogP contribution in [0.5, 0.6) is 11.6 Å². The van der Waals surface area contributed by atoms with E-state index < -0.39 is 6.03 Å². The van der Waals surface area contributed by atoms with Gasteiger partial charge in [-0.25, -0.2) is 14.2 Å². The second kappa shape index (κ2) is 7.93. The van der Waals surface area contributed by atoms with Gasteiger partial charge in [0.1, 0.15) is 11.6 Å². The van der Waals surface area contributed by atoms with Crippen LogP contribution in [0.3, 0.4) is 0 Å². The predicted octanol–water partition coefficient (Wildman–Crippen LogP) is 3.51. The van der Waals surface area contributed by atoms with Gasteiger partial charge in [0.15, 0.2) is 0 Å². The number of urea groups is 1. The highest BCUT2D eigenvalue weighted by molar-refractivity contribution is 5.87. The first kappa shape index (κ1) is 17.2. The number of primary amides is 1. The number of halogens is 1. The van der Waals surface area contributed by atoms with E-state index in [1.54, 1.807) is 30.5 Å². The fourth-order valence-electron chi connectivity index (χ4n) is 2.19. The fraction of sp³-hybridized carbons (Fsp3) is 0.0556. The number of hydrogen-bond donors (Lipinski definition) is 3. The van der Waals surface area contributed by atoms with Gasteiger partial charge in [-0.3, -0.25) is 0 Å². The highest BCUT2D eigenvalue weighted by atomic mass is 19.1. The molecule has 3 aromatic rings. The summed E-state index contributed by atoms with van der Waals surface area (Å²) in [5.74, 6) is 0.841. The molecule has 0 saturated heterocycles. The Morgan fingerprint density at radius 1 is 1.15 bits per heavy atom. The molecule has 2 amide bonds. The molecule has 0 spiro atoms. The first-order chi connectivity index (χ1) is 12.6. The van der Waals surface area contributed by atoms with Crippen LogP contribution >= 0.6 is 0 Å². The van der Waals surface area contributed by atoms with Gasteiger partial charge in [0.05, 0.1) is 0 Å². The molecule has 132 valence electrons. The number of amides is 2. The van der Waals surface area contributed by atoms with E-state index in [1.165, 1.54) is 24.3 Å². The Labute approximate surface area is 149 Å². The van der Waals surface area contributed by atoms with Crippen molar-refractivity contribution in [3.05, 3.63) is 72.2 Å². The molecule has 0 unspecified atom stereocenters. The van der Waals surface area contributed by atoms with Gasteiger partial charge in [0, 0.05) is 24.5 Å². The molecule has 0 atom stereocenters. The molecule has 0 aliphatic rings. The summed E-state index contributed by atoms with van der Waals surface area (Å²) in [6.07, 6.45) is 1.55. The first-order valence-corrected chi connectivity index (χ1v) is 7.74. The lowest BCUT2D eigenvalue weighted by Crippen LogP contribution is -2.19. The number of ether oxygens (including phenoxy) is 1. The van der Waals surface area contributed by atoms with Crippen LogP contribution in [0.25, 0.3) is 0 Å². The molecular formula is C18H16FN5O2. The van der Waals surface area contributed by atoms with Crippen LogP contribution in [-0.4, -0.2) is 16.0 Å². The molecule has 0 aliphatic carbocycles. The average Bonchev–Trinajstić information content (AvgIpc) is 2.62. The molecule has 0 aliphatic heterocycles. The zero-order valence-electron chi connectivity index (χ0n) is 13.6. The van der Waals surface area contributed by atoms with Crippen molar-refractivity contribution in [2.45, 2.75) is 6.54 Å². The smallest absolute Gasteiger partial charge is 0.316 e. The summed E-state index contributed by atoms with van der Waals surface area (Å²) in [6.45, 7) is 0.439. The van der Waals surface area contributed by atoms with Crippen molar-refractivity contribution in [1.29, 1.82) is 0 Å². The third-order valence-electron chi connectivity index (χ3n) is 3.31. The van der Waals surface area contributed by atoms with E-state index in [0.717, 1.165) is 5.56 Å². The number of nitrogens with one attached hydrogen (secondary N) is 2. The molecule has 1 heterocycles. The average molecular weight is 353 g/mol. The zero-order chi connectivity index (χ0) is 18.4. The van der Waals surface area contributed by atoms with Crippen LogP contribution in [0, 0.1) is 5.82 Å². The number of rotatable bonds is 6. The number of nitrogens with two attached hydrogens (primary N) is 1. The Kier molecular flexibility index (Phi) is 5.23. The number of benzene rings is 2. The molecule has 2 aromatic carbocycles. The summed E-state index contributed by atoms with van der Waals surface area (Å²) in [6, 6.07) is 13.8. The van der Waals surface area contributed by atoms with Gasteiger partial charge in [0.2, 0.25) is 11.8 Å². The molecule has 1 aromatic heterocycles. The fourth-order valence-corrected chi connectivity index (χ4v) is 2.19. The van der Waals surface area contributed by atoms with Crippen LogP contribution in [0.15, 0.2) is 60.8 Å². The van der Waals surface area contributed by atoms with E-state index in [9.17, 15) is 9.18 Å². The summed E-state index contributed by atoms with van der Waals surface area (Å²) >= 11 is 0. The van der Waals surface area contributed by atoms with Crippen molar-refractivity contribution in [3.63, 3.8) is 0 Å². The van der Waals surface area contributed by atoms with E-state index >= 15 is 0 Å². The predicted molar refractivity (Wildman–Crippen MR) is 95.5 cm³/mol. The van der Waals surface area contributed by atoms with Gasteiger partial charge in [-0.05, 0) is 42.0 Å².